The van der Waals surface area contributed by atoms with E-state index in [0.29, 0.717) is 5.01 Å². The summed E-state index contributed by atoms with van der Waals surface area (Å²) in [4.78, 5) is 51.5. The second-order valence-electron chi connectivity index (χ2n) is 9.75. The first-order valence-corrected chi connectivity index (χ1v) is 14.6. The molecule has 5 rings (SSSR count). The number of hydrazine groups is 1. The molecule has 1 saturated heterocycles. The van der Waals surface area contributed by atoms with Gasteiger partial charge in [0, 0.05) is 11.1 Å². The zero-order valence-electron chi connectivity index (χ0n) is 20.3. The molecule has 2 fully saturated rings. The van der Waals surface area contributed by atoms with E-state index in [4.69, 9.17) is 92.8 Å². The smallest absolute Gasteiger partial charge is 0.273 e. The van der Waals surface area contributed by atoms with Crippen LogP contribution < -0.4 is 0 Å². The molecule has 1 aliphatic heterocycles. The zero-order valence-corrected chi connectivity index (χ0v) is 26.4. The highest BCUT2D eigenvalue weighted by Gasteiger charge is 2.88. The van der Waals surface area contributed by atoms with Gasteiger partial charge in [-0.05, 0) is 32.0 Å². The highest BCUT2D eigenvalue weighted by Crippen LogP contribution is 2.77. The zero-order chi connectivity index (χ0) is 29.7. The number of halogens is 8. The van der Waals surface area contributed by atoms with Crippen molar-refractivity contribution in [2.75, 3.05) is 0 Å². The minimum atomic E-state index is -2.16. The number of allylic oxidation sites excluding steroid dienone is 2. The van der Waals surface area contributed by atoms with Gasteiger partial charge in [0.25, 0.3) is 17.7 Å². The Morgan fingerprint density at radius 1 is 0.800 bits per heavy atom. The Morgan fingerprint density at radius 3 is 1.75 bits per heavy atom. The lowest BCUT2D eigenvalue weighted by atomic mass is 9.84. The molecule has 14 heteroatoms. The van der Waals surface area contributed by atoms with E-state index in [1.807, 2.05) is 6.92 Å². The van der Waals surface area contributed by atoms with Crippen LogP contribution in [0, 0.1) is 18.8 Å². The number of alkyl halides is 4. The lowest BCUT2D eigenvalue weighted by molar-refractivity contribution is -0.157. The van der Waals surface area contributed by atoms with Crippen molar-refractivity contribution in [3.05, 3.63) is 79.3 Å². The van der Waals surface area contributed by atoms with Crippen LogP contribution in [0.25, 0.3) is 0 Å². The average molecular weight is 704 g/mol. The summed E-state index contributed by atoms with van der Waals surface area (Å²) in [6.07, 6.45) is 0. The molecule has 0 aromatic heterocycles. The van der Waals surface area contributed by atoms with E-state index in [9.17, 15) is 19.2 Å². The molecule has 1 heterocycles. The fourth-order valence-electron chi connectivity index (χ4n) is 5.46. The summed E-state index contributed by atoms with van der Waals surface area (Å²) in [5.41, 5.74) is 1.08. The summed E-state index contributed by atoms with van der Waals surface area (Å²) >= 11 is 51.7. The van der Waals surface area contributed by atoms with Gasteiger partial charge < -0.3 is 0 Å². The number of aryl methyl sites for hydroxylation is 1. The number of fused-ring (bicyclic) bond motifs is 5. The first-order chi connectivity index (χ1) is 18.5. The Balaban J connectivity index is 1.64. The fraction of sp³-hybridized carbons (Fsp3) is 0.308. The molecular formula is C26H16Cl8N2O4. The number of benzene rings is 2. The maximum atomic E-state index is 14.0. The summed E-state index contributed by atoms with van der Waals surface area (Å²) in [6.45, 7) is 3.22. The summed E-state index contributed by atoms with van der Waals surface area (Å²) in [7, 11) is 0. The molecule has 6 nitrogen and oxygen atoms in total. The van der Waals surface area contributed by atoms with Gasteiger partial charge in [-0.2, -0.15) is 5.01 Å². The van der Waals surface area contributed by atoms with Crippen LogP contribution >= 0.6 is 92.8 Å². The van der Waals surface area contributed by atoms with Crippen LogP contribution in [0.3, 0.4) is 0 Å². The Morgan fingerprint density at radius 2 is 1.27 bits per heavy atom. The normalized spacial score (nSPS) is 29.2. The van der Waals surface area contributed by atoms with Gasteiger partial charge in [-0.25, -0.2) is 5.01 Å². The van der Waals surface area contributed by atoms with Crippen molar-refractivity contribution in [1.82, 2.24) is 10.0 Å². The van der Waals surface area contributed by atoms with E-state index in [1.54, 1.807) is 24.3 Å². The SMILES string of the molecule is Cc1ccc(C(=O)[C@@H](C)N(C(=O)c2ccc(Cl)c(Cl)c2)N2C(=O)[C@@H]3[C@H](C2=O)[C@@]2(Cl)C(Cl)=C(Cl)[C@@]3(Cl)C2(Cl)Cl)cc1. The van der Waals surface area contributed by atoms with Gasteiger partial charge in [0.2, 0.25) is 0 Å². The van der Waals surface area contributed by atoms with Gasteiger partial charge in [-0.15, -0.1) is 23.2 Å². The number of nitrogens with zero attached hydrogens (tertiary/aromatic N) is 2. The molecule has 210 valence electrons. The Labute approximate surface area is 268 Å². The number of carbonyl (C=O) groups is 4. The predicted octanol–water partition coefficient (Wildman–Crippen LogP) is 7.38. The number of Topliss-reactive ketones (excluding diaryl/α,β-unsaturated/α-hetero) is 1. The number of rotatable bonds is 5. The van der Waals surface area contributed by atoms with E-state index >= 15 is 0 Å². The number of hydrogen-bond donors (Lipinski definition) is 0. The van der Waals surface area contributed by atoms with Gasteiger partial charge in [0.05, 0.1) is 31.9 Å². The van der Waals surface area contributed by atoms with E-state index in [-0.39, 0.29) is 31.2 Å². The molecule has 1 saturated carbocycles. The second-order valence-corrected chi connectivity index (χ2v) is 13.8. The molecule has 0 spiro atoms. The largest absolute Gasteiger partial charge is 0.292 e. The van der Waals surface area contributed by atoms with Crippen LogP contribution in [0.15, 0.2) is 52.5 Å². The number of hydrogen-bond acceptors (Lipinski definition) is 4. The van der Waals surface area contributed by atoms with Crippen LogP contribution in [0.2, 0.25) is 10.0 Å². The highest BCUT2D eigenvalue weighted by atomic mass is 35.5. The number of imide groups is 1. The predicted molar refractivity (Wildman–Crippen MR) is 157 cm³/mol. The second kappa shape index (κ2) is 9.92. The van der Waals surface area contributed by atoms with Crippen molar-refractivity contribution in [3.8, 4) is 0 Å². The molecule has 2 aromatic carbocycles. The number of ketones is 1. The molecule has 0 radical (unpaired) electrons. The summed E-state index contributed by atoms with van der Waals surface area (Å²) in [5.74, 6) is -6.45. The Hall–Kier alpha value is -1.22. The summed E-state index contributed by atoms with van der Waals surface area (Å²) in [5, 5.41) is 0.926. The minimum absolute atomic E-state index is 0.0372. The topological polar surface area (TPSA) is 74.8 Å². The molecule has 2 bridgehead atoms. The van der Waals surface area contributed by atoms with Crippen LogP contribution in [0.5, 0.6) is 0 Å². The van der Waals surface area contributed by atoms with Gasteiger partial charge in [0.15, 0.2) is 10.1 Å². The van der Waals surface area contributed by atoms with Crippen molar-refractivity contribution < 1.29 is 19.2 Å². The van der Waals surface area contributed by atoms with Crippen LogP contribution in [0.1, 0.15) is 33.2 Å². The standard InChI is InChI=1S/C26H16Cl8N2O4/c1-10-3-5-12(6-4-10)18(37)11(2)35(21(38)13-7-8-14(27)15(28)9-13)36-22(39)16-17(23(36)40)25(32)20(30)19(29)24(16,31)26(25,33)34/h3-9,11,16-17H,1-2H3/t11-,16-,17+,24-,25-/m1/s1. The fourth-order valence-corrected chi connectivity index (χ4v) is 8.69. The van der Waals surface area contributed by atoms with Crippen LogP contribution in [-0.2, 0) is 9.59 Å². The molecular weight excluding hydrogens is 688 g/mol. The van der Waals surface area contributed by atoms with E-state index in [0.717, 1.165) is 10.6 Å². The number of carbonyl (C=O) groups excluding carboxylic acids is 4. The first kappa shape index (κ1) is 30.2. The third kappa shape index (κ3) is 3.77. The minimum Gasteiger partial charge on any atom is -0.292 e. The molecule has 2 aromatic rings. The van der Waals surface area contributed by atoms with Crippen LogP contribution in [0.4, 0.5) is 0 Å². The molecule has 5 atom stereocenters. The van der Waals surface area contributed by atoms with Gasteiger partial charge in [-0.1, -0.05) is 99.4 Å². The molecule has 40 heavy (non-hydrogen) atoms. The van der Waals surface area contributed by atoms with Crippen molar-refractivity contribution in [2.24, 2.45) is 11.8 Å². The third-order valence-corrected chi connectivity index (χ3v) is 12.6. The maximum absolute atomic E-state index is 14.0. The van der Waals surface area contributed by atoms with E-state index in [2.05, 4.69) is 0 Å². The summed E-state index contributed by atoms with van der Waals surface area (Å²) < 4.78 is -2.16. The van der Waals surface area contributed by atoms with Crippen molar-refractivity contribution in [2.45, 2.75) is 34.0 Å². The molecule has 3 amide bonds. The van der Waals surface area contributed by atoms with Gasteiger partial charge in [0.1, 0.15) is 15.8 Å². The van der Waals surface area contributed by atoms with Crippen molar-refractivity contribution >= 4 is 116 Å². The lowest BCUT2D eigenvalue weighted by Gasteiger charge is -2.38. The first-order valence-electron chi connectivity index (χ1n) is 11.6. The number of amides is 3. The summed E-state index contributed by atoms with van der Waals surface area (Å²) in [6, 6.07) is 9.15. The van der Waals surface area contributed by atoms with Crippen molar-refractivity contribution in [1.29, 1.82) is 0 Å². The van der Waals surface area contributed by atoms with E-state index in [1.165, 1.54) is 25.1 Å². The monoisotopic (exact) mass is 700 g/mol. The Kier molecular flexibility index (Phi) is 7.50. The third-order valence-electron chi connectivity index (χ3n) is 7.56. The highest BCUT2D eigenvalue weighted by molar-refractivity contribution is 6.66. The molecule has 0 unspecified atom stereocenters. The van der Waals surface area contributed by atoms with Crippen molar-refractivity contribution in [3.63, 3.8) is 0 Å². The molecule has 0 N–H and O–H groups in total. The van der Waals surface area contributed by atoms with Gasteiger partial charge >= 0.3 is 0 Å². The maximum Gasteiger partial charge on any atom is 0.273 e. The van der Waals surface area contributed by atoms with Crippen LogP contribution in [-0.4, -0.2) is 53.6 Å². The average Bonchev–Trinajstić information content (AvgIpc) is 3.29. The lowest BCUT2D eigenvalue weighted by Crippen LogP contribution is -2.59. The molecule has 3 aliphatic rings. The Bertz CT molecular complexity index is 1500. The van der Waals surface area contributed by atoms with Gasteiger partial charge in [-0.3, -0.25) is 19.2 Å². The van der Waals surface area contributed by atoms with E-state index < -0.39 is 55.5 Å². The molecule has 2 aliphatic carbocycles. The quantitative estimate of drug-likeness (QED) is 0.185.